The number of benzene rings is 1. The van der Waals surface area contributed by atoms with E-state index < -0.39 is 0 Å². The molecular weight excluding hydrogens is 455 g/mol. The Morgan fingerprint density at radius 2 is 1.96 bits per heavy atom. The molecule has 0 aliphatic heterocycles. The molecule has 1 N–H and O–H groups in total. The first-order chi connectivity index (χ1) is 12.6. The van der Waals surface area contributed by atoms with Crippen LogP contribution in [0.3, 0.4) is 0 Å². The first-order valence-electron chi connectivity index (χ1n) is 8.44. The van der Waals surface area contributed by atoms with Crippen LogP contribution in [-0.2, 0) is 20.1 Å². The van der Waals surface area contributed by atoms with E-state index in [9.17, 15) is 0 Å². The van der Waals surface area contributed by atoms with Crippen molar-refractivity contribution in [3.8, 4) is 5.69 Å². The van der Waals surface area contributed by atoms with Crippen LogP contribution in [0.1, 0.15) is 17.2 Å². The zero-order chi connectivity index (χ0) is 18.5. The van der Waals surface area contributed by atoms with E-state index in [1.165, 1.54) is 0 Å². The average molecular weight is 480 g/mol. The fraction of sp³-hybridized carbons (Fsp3) is 0.333. The smallest absolute Gasteiger partial charge is 0.194 e. The van der Waals surface area contributed by atoms with E-state index >= 15 is 0 Å². The molecule has 0 radical (unpaired) electrons. The maximum atomic E-state index is 4.44. The number of nitrogens with zero attached hydrogens (tertiary/aromatic N) is 7. The Morgan fingerprint density at radius 1 is 1.22 bits per heavy atom. The van der Waals surface area contributed by atoms with Crippen LogP contribution in [0, 0.1) is 6.92 Å². The molecule has 0 amide bonds. The molecule has 144 valence electrons. The van der Waals surface area contributed by atoms with Crippen LogP contribution < -0.4 is 5.32 Å². The monoisotopic (exact) mass is 480 g/mol. The summed E-state index contributed by atoms with van der Waals surface area (Å²) in [4.78, 5) is 6.40. The van der Waals surface area contributed by atoms with Gasteiger partial charge in [-0.15, -0.1) is 34.2 Å². The van der Waals surface area contributed by atoms with Crippen molar-refractivity contribution in [2.75, 3.05) is 14.1 Å². The quantitative estimate of drug-likeness (QED) is 0.344. The summed E-state index contributed by atoms with van der Waals surface area (Å²) in [5.74, 6) is 2.55. The Balaban J connectivity index is 0.00000261. The molecule has 27 heavy (non-hydrogen) atoms. The van der Waals surface area contributed by atoms with Gasteiger partial charge in [0.25, 0.3) is 0 Å². The highest BCUT2D eigenvalue weighted by molar-refractivity contribution is 14.0. The summed E-state index contributed by atoms with van der Waals surface area (Å²) in [6.07, 6.45) is 3.91. The molecule has 0 spiro atoms. The predicted octanol–water partition coefficient (Wildman–Crippen LogP) is 2.13. The van der Waals surface area contributed by atoms with Crippen molar-refractivity contribution in [1.29, 1.82) is 0 Å². The lowest BCUT2D eigenvalue weighted by molar-refractivity contribution is 0.474. The average Bonchev–Trinajstić information content (AvgIpc) is 3.24. The van der Waals surface area contributed by atoms with Crippen molar-refractivity contribution in [1.82, 2.24) is 34.8 Å². The molecule has 0 aliphatic carbocycles. The third-order valence-electron chi connectivity index (χ3n) is 4.24. The summed E-state index contributed by atoms with van der Waals surface area (Å²) < 4.78 is 3.84. The number of aromatic nitrogens is 5. The molecule has 0 saturated carbocycles. The summed E-state index contributed by atoms with van der Waals surface area (Å²) in [6.45, 7) is 3.20. The Kier molecular flexibility index (Phi) is 7.34. The maximum absolute atomic E-state index is 4.44. The van der Waals surface area contributed by atoms with E-state index in [4.69, 9.17) is 0 Å². The van der Waals surface area contributed by atoms with Gasteiger partial charge in [-0.2, -0.15) is 5.10 Å². The highest BCUT2D eigenvalue weighted by atomic mass is 127. The van der Waals surface area contributed by atoms with E-state index in [-0.39, 0.29) is 24.0 Å². The van der Waals surface area contributed by atoms with Gasteiger partial charge in [-0.1, -0.05) is 18.2 Å². The summed E-state index contributed by atoms with van der Waals surface area (Å²) in [5.41, 5.74) is 2.15. The minimum atomic E-state index is 0. The zero-order valence-electron chi connectivity index (χ0n) is 16.0. The molecule has 0 unspecified atom stereocenters. The Morgan fingerprint density at radius 3 is 2.59 bits per heavy atom. The van der Waals surface area contributed by atoms with Crippen molar-refractivity contribution < 1.29 is 0 Å². The Labute approximate surface area is 176 Å². The molecule has 2 aromatic heterocycles. The van der Waals surface area contributed by atoms with Gasteiger partial charge in [0.05, 0.1) is 18.4 Å². The molecule has 1 aromatic carbocycles. The highest BCUT2D eigenvalue weighted by Gasteiger charge is 2.11. The van der Waals surface area contributed by atoms with Crippen molar-refractivity contribution >= 4 is 29.9 Å². The molecule has 0 aliphatic rings. The molecule has 0 bridgehead atoms. The number of aliphatic imine (C=N–C) groups is 1. The number of hydrogen-bond donors (Lipinski definition) is 1. The lowest BCUT2D eigenvalue weighted by Gasteiger charge is -2.21. The Hall–Kier alpha value is -2.43. The van der Waals surface area contributed by atoms with Crippen LogP contribution in [0.25, 0.3) is 5.69 Å². The first-order valence-corrected chi connectivity index (χ1v) is 8.44. The van der Waals surface area contributed by atoms with Crippen LogP contribution in [-0.4, -0.2) is 49.5 Å². The van der Waals surface area contributed by atoms with Crippen LogP contribution in [0.4, 0.5) is 0 Å². The first kappa shape index (κ1) is 20.9. The van der Waals surface area contributed by atoms with Crippen LogP contribution >= 0.6 is 24.0 Å². The third-order valence-corrected chi connectivity index (χ3v) is 4.24. The molecule has 0 saturated heterocycles. The molecule has 8 nitrogen and oxygen atoms in total. The van der Waals surface area contributed by atoms with Crippen molar-refractivity contribution in [3.05, 3.63) is 59.9 Å². The van der Waals surface area contributed by atoms with Gasteiger partial charge in [0.15, 0.2) is 11.8 Å². The summed E-state index contributed by atoms with van der Waals surface area (Å²) in [6, 6.07) is 10.1. The molecule has 3 rings (SSSR count). The number of rotatable bonds is 5. The number of hydrogen-bond acceptors (Lipinski definition) is 4. The summed E-state index contributed by atoms with van der Waals surface area (Å²) >= 11 is 0. The number of halogens is 1. The number of para-hydroxylation sites is 1. The third kappa shape index (κ3) is 5.06. The van der Waals surface area contributed by atoms with E-state index in [1.807, 2.05) is 73.0 Å². The van der Waals surface area contributed by atoms with Crippen LogP contribution in [0.15, 0.2) is 47.7 Å². The van der Waals surface area contributed by atoms with Crippen molar-refractivity contribution in [2.24, 2.45) is 12.0 Å². The minimum absolute atomic E-state index is 0. The second kappa shape index (κ2) is 9.49. The molecule has 2 heterocycles. The second-order valence-corrected chi connectivity index (χ2v) is 6.11. The van der Waals surface area contributed by atoms with Gasteiger partial charge < -0.3 is 14.8 Å². The normalized spacial score (nSPS) is 11.2. The van der Waals surface area contributed by atoms with E-state index in [0.717, 1.165) is 28.9 Å². The van der Waals surface area contributed by atoms with Gasteiger partial charge in [0.1, 0.15) is 5.82 Å². The van der Waals surface area contributed by atoms with Gasteiger partial charge >= 0.3 is 0 Å². The van der Waals surface area contributed by atoms with Gasteiger partial charge in [0, 0.05) is 39.4 Å². The fourth-order valence-electron chi connectivity index (χ4n) is 2.66. The van der Waals surface area contributed by atoms with Crippen molar-refractivity contribution in [3.63, 3.8) is 0 Å². The standard InChI is InChI=1S/C18H24N8.HI/c1-14-22-23-17(25(14)4)11-20-18(19-2)24(3)12-15-10-21-26(13-15)16-8-6-5-7-9-16;/h5-10,13H,11-12H2,1-4H3,(H,19,20);1H. The number of nitrogens with one attached hydrogen (secondary N) is 1. The lowest BCUT2D eigenvalue weighted by atomic mass is 10.3. The molecule has 9 heteroatoms. The largest absolute Gasteiger partial charge is 0.349 e. The number of aryl methyl sites for hydroxylation is 1. The predicted molar refractivity (Wildman–Crippen MR) is 116 cm³/mol. The Bertz CT molecular complexity index is 884. The molecular formula is C18H25IN8. The van der Waals surface area contributed by atoms with Crippen molar-refractivity contribution in [2.45, 2.75) is 20.0 Å². The van der Waals surface area contributed by atoms with E-state index in [0.29, 0.717) is 13.1 Å². The summed E-state index contributed by atoms with van der Waals surface area (Å²) in [7, 11) is 5.72. The lowest BCUT2D eigenvalue weighted by Crippen LogP contribution is -2.38. The highest BCUT2D eigenvalue weighted by Crippen LogP contribution is 2.09. The molecule has 3 aromatic rings. The van der Waals surface area contributed by atoms with Crippen LogP contribution in [0.2, 0.25) is 0 Å². The molecule has 0 fully saturated rings. The number of guanidine groups is 1. The van der Waals surface area contributed by atoms with E-state index in [2.05, 4.69) is 30.5 Å². The van der Waals surface area contributed by atoms with Gasteiger partial charge in [-0.3, -0.25) is 4.99 Å². The second-order valence-electron chi connectivity index (χ2n) is 6.11. The topological polar surface area (TPSA) is 76.2 Å². The SMILES string of the molecule is CN=C(NCc1nnc(C)n1C)N(C)Cc1cnn(-c2ccccc2)c1.I. The summed E-state index contributed by atoms with van der Waals surface area (Å²) in [5, 5.41) is 16.0. The van der Waals surface area contributed by atoms with E-state index in [1.54, 1.807) is 7.05 Å². The fourth-order valence-corrected chi connectivity index (χ4v) is 2.66. The zero-order valence-corrected chi connectivity index (χ0v) is 18.3. The van der Waals surface area contributed by atoms with Gasteiger partial charge in [0.2, 0.25) is 0 Å². The van der Waals surface area contributed by atoms with Gasteiger partial charge in [-0.25, -0.2) is 4.68 Å². The maximum Gasteiger partial charge on any atom is 0.194 e. The minimum Gasteiger partial charge on any atom is -0.349 e. The van der Waals surface area contributed by atoms with Crippen LogP contribution in [0.5, 0.6) is 0 Å². The molecule has 0 atom stereocenters. The van der Waals surface area contributed by atoms with Gasteiger partial charge in [-0.05, 0) is 19.1 Å².